The zero-order valence-corrected chi connectivity index (χ0v) is 16.2. The van der Waals surface area contributed by atoms with Gasteiger partial charge >= 0.3 is 0 Å². The minimum absolute atomic E-state index is 0.213. The third-order valence-electron chi connectivity index (χ3n) is 4.74. The molecule has 0 amide bonds. The maximum atomic E-state index is 4.73. The average molecular weight is 355 g/mol. The van der Waals surface area contributed by atoms with Gasteiger partial charge in [0.2, 0.25) is 0 Å². The lowest BCUT2D eigenvalue weighted by Crippen LogP contribution is -2.13. The first-order valence-corrected chi connectivity index (χ1v) is 8.73. The van der Waals surface area contributed by atoms with Crippen LogP contribution in [0.4, 0.5) is 5.82 Å². The molecule has 0 aliphatic rings. The van der Waals surface area contributed by atoms with Gasteiger partial charge in [0.05, 0.1) is 17.9 Å². The fourth-order valence-electron chi connectivity index (χ4n) is 2.84. The Bertz CT molecular complexity index is 912. The Kier molecular flexibility index (Phi) is 5.01. The molecule has 3 rings (SSSR count). The normalized spacial score (nSPS) is 12.4. The molecule has 1 atom stereocenters. The SMILES string of the molecule is Cc1nc(NCc2nonc2C)cc([C@@H](C)Cn2nc(C)c(C)c2C)n1. The van der Waals surface area contributed by atoms with E-state index >= 15 is 0 Å². The Hall–Kier alpha value is -2.77. The molecule has 0 bridgehead atoms. The fourth-order valence-corrected chi connectivity index (χ4v) is 2.84. The van der Waals surface area contributed by atoms with Crippen molar-refractivity contribution in [1.29, 1.82) is 0 Å². The van der Waals surface area contributed by atoms with E-state index in [1.165, 1.54) is 11.3 Å². The highest BCUT2D eigenvalue weighted by Gasteiger charge is 2.15. The van der Waals surface area contributed by atoms with Gasteiger partial charge in [-0.05, 0) is 40.2 Å². The molecule has 0 saturated carbocycles. The fraction of sp³-hybridized carbons (Fsp3) is 0.500. The first kappa shape index (κ1) is 18.0. The minimum Gasteiger partial charge on any atom is -0.364 e. The van der Waals surface area contributed by atoms with Crippen molar-refractivity contribution in [2.45, 2.75) is 60.5 Å². The van der Waals surface area contributed by atoms with E-state index in [1.807, 2.05) is 26.8 Å². The molecule has 1 N–H and O–H groups in total. The molecule has 0 saturated heterocycles. The van der Waals surface area contributed by atoms with Crippen LogP contribution < -0.4 is 5.32 Å². The summed E-state index contributed by atoms with van der Waals surface area (Å²) in [5.41, 5.74) is 6.06. The molecule has 0 aromatic carbocycles. The van der Waals surface area contributed by atoms with Crippen molar-refractivity contribution < 1.29 is 4.63 Å². The van der Waals surface area contributed by atoms with Gasteiger partial charge in [0.1, 0.15) is 23.0 Å². The summed E-state index contributed by atoms with van der Waals surface area (Å²) in [6.45, 7) is 13.5. The van der Waals surface area contributed by atoms with Gasteiger partial charge in [0.15, 0.2) is 0 Å². The zero-order valence-electron chi connectivity index (χ0n) is 16.2. The molecule has 3 aromatic heterocycles. The van der Waals surface area contributed by atoms with Gasteiger partial charge in [-0.1, -0.05) is 17.2 Å². The van der Waals surface area contributed by atoms with Crippen LogP contribution in [0.5, 0.6) is 0 Å². The predicted molar refractivity (Wildman–Crippen MR) is 98.0 cm³/mol. The van der Waals surface area contributed by atoms with Gasteiger partial charge in [-0.25, -0.2) is 14.6 Å². The second-order valence-corrected chi connectivity index (χ2v) is 6.75. The molecular formula is C18H25N7O. The lowest BCUT2D eigenvalue weighted by molar-refractivity contribution is 0.301. The third kappa shape index (κ3) is 3.74. The first-order chi connectivity index (χ1) is 12.3. The van der Waals surface area contributed by atoms with Gasteiger partial charge in [-0.15, -0.1) is 0 Å². The number of nitrogens with one attached hydrogen (secondary N) is 1. The molecule has 0 spiro atoms. The highest BCUT2D eigenvalue weighted by Crippen LogP contribution is 2.21. The minimum atomic E-state index is 0.213. The number of aromatic nitrogens is 6. The second kappa shape index (κ2) is 7.23. The molecule has 8 heteroatoms. The van der Waals surface area contributed by atoms with Gasteiger partial charge in [-0.2, -0.15) is 5.10 Å². The van der Waals surface area contributed by atoms with Crippen molar-refractivity contribution in [3.63, 3.8) is 0 Å². The quantitative estimate of drug-likeness (QED) is 0.726. The number of aryl methyl sites for hydroxylation is 3. The smallest absolute Gasteiger partial charge is 0.130 e. The lowest BCUT2D eigenvalue weighted by atomic mass is 10.1. The Morgan fingerprint density at radius 3 is 2.46 bits per heavy atom. The maximum Gasteiger partial charge on any atom is 0.130 e. The third-order valence-corrected chi connectivity index (χ3v) is 4.74. The molecule has 0 fully saturated rings. The molecule has 0 aliphatic heterocycles. The highest BCUT2D eigenvalue weighted by atomic mass is 16.6. The van der Waals surface area contributed by atoms with Crippen molar-refractivity contribution in [3.05, 3.63) is 45.9 Å². The van der Waals surface area contributed by atoms with Gasteiger partial charge in [-0.3, -0.25) is 4.68 Å². The molecular weight excluding hydrogens is 330 g/mol. The Morgan fingerprint density at radius 1 is 1.08 bits per heavy atom. The van der Waals surface area contributed by atoms with Crippen LogP contribution in [0.3, 0.4) is 0 Å². The molecule has 3 heterocycles. The highest BCUT2D eigenvalue weighted by molar-refractivity contribution is 5.37. The monoisotopic (exact) mass is 355 g/mol. The van der Waals surface area contributed by atoms with Crippen molar-refractivity contribution in [3.8, 4) is 0 Å². The van der Waals surface area contributed by atoms with Crippen LogP contribution in [0, 0.1) is 34.6 Å². The van der Waals surface area contributed by atoms with Crippen LogP contribution in [0.25, 0.3) is 0 Å². The Balaban J connectivity index is 1.75. The number of hydrogen-bond donors (Lipinski definition) is 1. The van der Waals surface area contributed by atoms with E-state index in [0.717, 1.165) is 41.0 Å². The summed E-state index contributed by atoms with van der Waals surface area (Å²) in [5.74, 6) is 1.72. The van der Waals surface area contributed by atoms with E-state index in [-0.39, 0.29) is 5.92 Å². The first-order valence-electron chi connectivity index (χ1n) is 8.73. The summed E-state index contributed by atoms with van der Waals surface area (Å²) < 4.78 is 6.79. The average Bonchev–Trinajstić information content (AvgIpc) is 3.11. The zero-order chi connectivity index (χ0) is 18.8. The van der Waals surface area contributed by atoms with Gasteiger partial charge < -0.3 is 5.32 Å². The number of nitrogens with zero attached hydrogens (tertiary/aromatic N) is 6. The van der Waals surface area contributed by atoms with Crippen molar-refractivity contribution in [2.75, 3.05) is 5.32 Å². The second-order valence-electron chi connectivity index (χ2n) is 6.75. The molecule has 0 radical (unpaired) electrons. The van der Waals surface area contributed by atoms with Crippen LogP contribution in [0.2, 0.25) is 0 Å². The number of anilines is 1. The molecule has 3 aromatic rings. The predicted octanol–water partition coefficient (Wildman–Crippen LogP) is 3.01. The number of hydrogen-bond acceptors (Lipinski definition) is 7. The van der Waals surface area contributed by atoms with Crippen LogP contribution in [0.1, 0.15) is 52.7 Å². The number of rotatable bonds is 6. The van der Waals surface area contributed by atoms with E-state index in [0.29, 0.717) is 6.54 Å². The summed E-state index contributed by atoms with van der Waals surface area (Å²) in [7, 11) is 0. The molecule has 138 valence electrons. The maximum absolute atomic E-state index is 4.73. The topological polar surface area (TPSA) is 94.6 Å². The van der Waals surface area contributed by atoms with Gasteiger partial charge in [0, 0.05) is 24.2 Å². The standard InChI is InChI=1S/C18H25N7O/c1-10(9-25-14(5)11(2)12(3)22-25)16-7-18(21-15(6)20-16)19-8-17-13(4)23-26-24-17/h7,10H,8-9H2,1-6H3,(H,19,20,21)/t10-/m0/s1. The summed E-state index contributed by atoms with van der Waals surface area (Å²) in [4.78, 5) is 9.08. The van der Waals surface area contributed by atoms with E-state index in [9.17, 15) is 0 Å². The lowest BCUT2D eigenvalue weighted by Gasteiger charge is -2.15. The molecule has 26 heavy (non-hydrogen) atoms. The Labute approximate surface area is 153 Å². The summed E-state index contributed by atoms with van der Waals surface area (Å²) in [6, 6.07) is 1.99. The van der Waals surface area contributed by atoms with Crippen LogP contribution >= 0.6 is 0 Å². The van der Waals surface area contributed by atoms with Gasteiger partial charge in [0.25, 0.3) is 0 Å². The largest absolute Gasteiger partial charge is 0.364 e. The Morgan fingerprint density at radius 2 is 1.85 bits per heavy atom. The van der Waals surface area contributed by atoms with E-state index in [1.54, 1.807) is 0 Å². The van der Waals surface area contributed by atoms with E-state index in [2.05, 4.69) is 56.1 Å². The van der Waals surface area contributed by atoms with Crippen LogP contribution in [-0.2, 0) is 13.1 Å². The molecule has 8 nitrogen and oxygen atoms in total. The van der Waals surface area contributed by atoms with Crippen LogP contribution in [-0.4, -0.2) is 30.1 Å². The van der Waals surface area contributed by atoms with E-state index < -0.39 is 0 Å². The van der Waals surface area contributed by atoms with Crippen molar-refractivity contribution >= 4 is 5.82 Å². The molecule has 0 unspecified atom stereocenters. The van der Waals surface area contributed by atoms with Crippen molar-refractivity contribution in [2.24, 2.45) is 0 Å². The summed E-state index contributed by atoms with van der Waals surface area (Å²) in [5, 5.41) is 15.6. The van der Waals surface area contributed by atoms with E-state index in [4.69, 9.17) is 4.63 Å². The summed E-state index contributed by atoms with van der Waals surface area (Å²) in [6.07, 6.45) is 0. The summed E-state index contributed by atoms with van der Waals surface area (Å²) >= 11 is 0. The van der Waals surface area contributed by atoms with Crippen molar-refractivity contribution in [1.82, 2.24) is 30.1 Å². The van der Waals surface area contributed by atoms with Crippen LogP contribution in [0.15, 0.2) is 10.7 Å². The molecule has 0 aliphatic carbocycles.